The molecule has 0 saturated carbocycles. The van der Waals surface area contributed by atoms with Crippen LogP contribution in [0.2, 0.25) is 0 Å². The zero-order valence-electron chi connectivity index (χ0n) is 36.5. The number of likely N-dealkylation sites (N-methyl/N-ethyl adjacent to an activating group) is 1. The van der Waals surface area contributed by atoms with Crippen LogP contribution >= 0.6 is 7.82 Å². The third-order valence-electron chi connectivity index (χ3n) is 9.98. The fourth-order valence-corrected chi connectivity index (χ4v) is 7.17. The summed E-state index contributed by atoms with van der Waals surface area (Å²) in [4.78, 5) is 37.5. The number of unbranched alkanes of at least 4 members (excludes halogenated alkanes) is 22. The van der Waals surface area contributed by atoms with Crippen molar-refractivity contribution >= 4 is 19.8 Å². The van der Waals surface area contributed by atoms with Crippen molar-refractivity contribution in [3.63, 3.8) is 0 Å². The van der Waals surface area contributed by atoms with Gasteiger partial charge in [-0.05, 0) is 24.7 Å². The Labute approximate surface area is 334 Å². The molecule has 0 radical (unpaired) electrons. The number of hydrogen-bond acceptors (Lipinski definition) is 8. The fourth-order valence-electron chi connectivity index (χ4n) is 6.44. The van der Waals surface area contributed by atoms with Crippen molar-refractivity contribution in [2.24, 2.45) is 11.8 Å². The summed E-state index contributed by atoms with van der Waals surface area (Å²) in [6.45, 7) is 8.93. The highest BCUT2D eigenvalue weighted by Crippen LogP contribution is 2.38. The molecule has 2 unspecified atom stereocenters. The van der Waals surface area contributed by atoms with E-state index in [1.54, 1.807) is 0 Å². The summed E-state index contributed by atoms with van der Waals surface area (Å²) in [5, 5.41) is 0. The number of hydrogen-bond donors (Lipinski definition) is 0. The average molecular weight is 790 g/mol. The van der Waals surface area contributed by atoms with Crippen molar-refractivity contribution in [1.29, 1.82) is 0 Å². The average Bonchev–Trinajstić information content (AvgIpc) is 3.08. The maximum Gasteiger partial charge on any atom is 0.306 e. The van der Waals surface area contributed by atoms with E-state index in [0.717, 1.165) is 43.9 Å². The Bertz CT molecular complexity index is 923. The summed E-state index contributed by atoms with van der Waals surface area (Å²) in [5.74, 6) is 0.813. The molecule has 0 aromatic carbocycles. The summed E-state index contributed by atoms with van der Waals surface area (Å²) in [6, 6.07) is 0. The maximum atomic E-state index is 12.7. The van der Waals surface area contributed by atoms with E-state index in [4.69, 9.17) is 18.5 Å². The largest absolute Gasteiger partial charge is 0.756 e. The Kier molecular flexibility index (Phi) is 34.5. The van der Waals surface area contributed by atoms with Gasteiger partial charge in [-0.25, -0.2) is 0 Å². The smallest absolute Gasteiger partial charge is 0.306 e. The highest BCUT2D eigenvalue weighted by molar-refractivity contribution is 7.45. The maximum absolute atomic E-state index is 12.7. The normalized spacial score (nSPS) is 13.7. The second-order valence-corrected chi connectivity index (χ2v) is 19.1. The molecule has 54 heavy (non-hydrogen) atoms. The second-order valence-electron chi connectivity index (χ2n) is 17.7. The number of phosphoric acid groups is 1. The van der Waals surface area contributed by atoms with Gasteiger partial charge in [0.15, 0.2) is 6.10 Å². The lowest BCUT2D eigenvalue weighted by molar-refractivity contribution is -0.870. The van der Waals surface area contributed by atoms with Crippen molar-refractivity contribution in [3.8, 4) is 0 Å². The van der Waals surface area contributed by atoms with Crippen molar-refractivity contribution in [3.05, 3.63) is 0 Å². The zero-order valence-corrected chi connectivity index (χ0v) is 37.4. The van der Waals surface area contributed by atoms with Crippen molar-refractivity contribution in [2.45, 2.75) is 214 Å². The van der Waals surface area contributed by atoms with Crippen LogP contribution in [-0.4, -0.2) is 70.0 Å². The highest BCUT2D eigenvalue weighted by atomic mass is 31.2. The van der Waals surface area contributed by atoms with E-state index in [1.807, 2.05) is 21.1 Å². The molecule has 0 aliphatic carbocycles. The van der Waals surface area contributed by atoms with E-state index in [2.05, 4.69) is 27.7 Å². The predicted octanol–water partition coefficient (Wildman–Crippen LogP) is 11.9. The van der Waals surface area contributed by atoms with Crippen LogP contribution in [0.15, 0.2) is 0 Å². The summed E-state index contributed by atoms with van der Waals surface area (Å²) in [7, 11) is 1.18. The van der Waals surface area contributed by atoms with Crippen LogP contribution < -0.4 is 4.89 Å². The minimum atomic E-state index is -4.62. The minimum Gasteiger partial charge on any atom is -0.756 e. The lowest BCUT2D eigenvalue weighted by atomic mass is 10.0. The van der Waals surface area contributed by atoms with Gasteiger partial charge in [0.1, 0.15) is 19.8 Å². The fraction of sp³-hybridized carbons (Fsp3) is 0.955. The summed E-state index contributed by atoms with van der Waals surface area (Å²) in [5.41, 5.74) is 0. The summed E-state index contributed by atoms with van der Waals surface area (Å²) in [6.07, 6.45) is 31.3. The third kappa shape index (κ3) is 40.7. The molecule has 0 aromatic rings. The van der Waals surface area contributed by atoms with Crippen LogP contribution in [0.4, 0.5) is 0 Å². The molecule has 0 spiro atoms. The molecular formula is C44H88NO8P. The van der Waals surface area contributed by atoms with Gasteiger partial charge < -0.3 is 27.9 Å². The van der Waals surface area contributed by atoms with Crippen molar-refractivity contribution in [2.75, 3.05) is 47.5 Å². The van der Waals surface area contributed by atoms with Gasteiger partial charge in [-0.1, -0.05) is 182 Å². The quantitative estimate of drug-likeness (QED) is 0.0261. The van der Waals surface area contributed by atoms with Gasteiger partial charge in [-0.15, -0.1) is 0 Å². The van der Waals surface area contributed by atoms with Crippen molar-refractivity contribution in [1.82, 2.24) is 0 Å². The first-order valence-electron chi connectivity index (χ1n) is 22.5. The Hall–Kier alpha value is -0.990. The Balaban J connectivity index is 4.31. The molecule has 10 heteroatoms. The Morgan fingerprint density at radius 3 is 1.24 bits per heavy atom. The van der Waals surface area contributed by atoms with E-state index < -0.39 is 26.5 Å². The van der Waals surface area contributed by atoms with Crippen LogP contribution in [0.25, 0.3) is 0 Å². The Morgan fingerprint density at radius 1 is 0.519 bits per heavy atom. The molecule has 0 aliphatic heterocycles. The predicted molar refractivity (Wildman–Crippen MR) is 222 cm³/mol. The SMILES string of the molecule is CC(C)CCCCCCCCCCCCCCC(=O)OCC(COP(=O)([O-])OCC[N+](C)(C)C)OC(=O)CCCCCCCCCCCCCCC(C)C. The lowest BCUT2D eigenvalue weighted by Crippen LogP contribution is -2.37. The van der Waals surface area contributed by atoms with Gasteiger partial charge in [0.25, 0.3) is 7.82 Å². The Morgan fingerprint density at radius 2 is 0.870 bits per heavy atom. The molecule has 0 N–H and O–H groups in total. The molecule has 9 nitrogen and oxygen atoms in total. The first-order valence-corrected chi connectivity index (χ1v) is 23.9. The monoisotopic (exact) mass is 790 g/mol. The van der Waals surface area contributed by atoms with Gasteiger partial charge in [0.05, 0.1) is 27.7 Å². The molecule has 0 aromatic heterocycles. The number of phosphoric ester groups is 1. The molecule has 2 atom stereocenters. The number of carbonyl (C=O) groups is 2. The first kappa shape index (κ1) is 53.0. The van der Waals surface area contributed by atoms with E-state index >= 15 is 0 Å². The van der Waals surface area contributed by atoms with Gasteiger partial charge in [0, 0.05) is 12.8 Å². The van der Waals surface area contributed by atoms with Gasteiger partial charge >= 0.3 is 11.9 Å². The molecule has 0 bridgehead atoms. The molecule has 0 rings (SSSR count). The highest BCUT2D eigenvalue weighted by Gasteiger charge is 2.21. The molecule has 0 amide bonds. The van der Waals surface area contributed by atoms with Crippen LogP contribution in [0.3, 0.4) is 0 Å². The number of rotatable bonds is 40. The van der Waals surface area contributed by atoms with E-state index in [1.165, 1.54) is 128 Å². The molecular weight excluding hydrogens is 701 g/mol. The number of carbonyl (C=O) groups excluding carboxylic acids is 2. The van der Waals surface area contributed by atoms with Crippen molar-refractivity contribution < 1.29 is 42.1 Å². The lowest BCUT2D eigenvalue weighted by Gasteiger charge is -2.28. The molecule has 0 aliphatic rings. The topological polar surface area (TPSA) is 111 Å². The number of nitrogens with zero attached hydrogens (tertiary/aromatic N) is 1. The number of esters is 2. The van der Waals surface area contributed by atoms with Gasteiger partial charge in [-0.3, -0.25) is 14.2 Å². The molecule has 0 fully saturated rings. The van der Waals surface area contributed by atoms with E-state index in [-0.39, 0.29) is 32.0 Å². The summed E-state index contributed by atoms with van der Waals surface area (Å²) >= 11 is 0. The molecule has 0 saturated heterocycles. The first-order chi connectivity index (χ1) is 25.7. The third-order valence-corrected chi connectivity index (χ3v) is 10.9. The van der Waals surface area contributed by atoms with Crippen LogP contribution in [0.5, 0.6) is 0 Å². The zero-order chi connectivity index (χ0) is 40.3. The number of quaternary nitrogens is 1. The standard InChI is InChI=1S/C44H88NO8P/c1-40(2)32-28-24-20-16-12-8-10-14-18-22-26-30-34-43(46)50-38-42(39-52-54(48,49)51-37-36-45(5,6)7)53-44(47)35-31-27-23-19-15-11-9-13-17-21-25-29-33-41(3)4/h40-42H,8-39H2,1-7H3. The van der Waals surface area contributed by atoms with Crippen LogP contribution in [-0.2, 0) is 32.7 Å². The van der Waals surface area contributed by atoms with Gasteiger partial charge in [-0.2, -0.15) is 0 Å². The van der Waals surface area contributed by atoms with Crippen LogP contribution in [0.1, 0.15) is 207 Å². The van der Waals surface area contributed by atoms with E-state index in [9.17, 15) is 19.0 Å². The molecule has 322 valence electrons. The second kappa shape index (κ2) is 35.2. The van der Waals surface area contributed by atoms with Crippen LogP contribution in [0, 0.1) is 11.8 Å². The number of ether oxygens (including phenoxy) is 2. The van der Waals surface area contributed by atoms with Gasteiger partial charge in [0.2, 0.25) is 0 Å². The molecule has 0 heterocycles. The van der Waals surface area contributed by atoms with E-state index in [0.29, 0.717) is 17.4 Å². The summed E-state index contributed by atoms with van der Waals surface area (Å²) < 4.78 is 33.9. The minimum absolute atomic E-state index is 0.0268.